The molecule has 0 aliphatic carbocycles. The van der Waals surface area contributed by atoms with Gasteiger partial charge in [-0.1, -0.05) is 0 Å². The minimum Gasteiger partial charge on any atom is -0.497 e. The Morgan fingerprint density at radius 2 is 1.89 bits per heavy atom. The maximum Gasteiger partial charge on any atom is 0.199 e. The van der Waals surface area contributed by atoms with Crippen LogP contribution in [0.1, 0.15) is 15.9 Å². The second kappa shape index (κ2) is 5.31. The minimum atomic E-state index is -0.918. The molecule has 2 aromatic rings. The van der Waals surface area contributed by atoms with E-state index in [1.165, 1.54) is 18.4 Å². The van der Waals surface area contributed by atoms with Crippen LogP contribution in [-0.2, 0) is 0 Å². The van der Waals surface area contributed by atoms with Crippen LogP contribution >= 0.6 is 33.9 Å². The number of rotatable bonds is 3. The molecule has 0 saturated carbocycles. The lowest BCUT2D eigenvalue weighted by Gasteiger charge is -2.05. The summed E-state index contributed by atoms with van der Waals surface area (Å²) < 4.78 is 33.0. The van der Waals surface area contributed by atoms with Crippen molar-refractivity contribution < 1.29 is 18.3 Å². The Morgan fingerprint density at radius 1 is 1.28 bits per heavy atom. The zero-order valence-electron chi connectivity index (χ0n) is 9.17. The van der Waals surface area contributed by atoms with Gasteiger partial charge >= 0.3 is 0 Å². The van der Waals surface area contributed by atoms with Gasteiger partial charge in [-0.25, -0.2) is 8.78 Å². The molecule has 6 heteroatoms. The van der Waals surface area contributed by atoms with E-state index in [1.54, 1.807) is 11.4 Å². The van der Waals surface area contributed by atoms with Gasteiger partial charge in [0.15, 0.2) is 5.78 Å². The van der Waals surface area contributed by atoms with Crippen molar-refractivity contribution in [2.24, 2.45) is 0 Å². The SMILES string of the molecule is COc1cc(F)c(C(=O)c2csc(I)c2)c(F)c1. The molecule has 0 unspecified atom stereocenters. The van der Waals surface area contributed by atoms with E-state index in [0.29, 0.717) is 0 Å². The Hall–Kier alpha value is -1.02. The first-order valence-corrected chi connectivity index (χ1v) is 6.80. The molecule has 2 nitrogen and oxygen atoms in total. The number of hydrogen-bond donors (Lipinski definition) is 0. The summed E-state index contributed by atoms with van der Waals surface area (Å²) in [7, 11) is 1.30. The first-order valence-electron chi connectivity index (χ1n) is 4.84. The predicted octanol–water partition coefficient (Wildman–Crippen LogP) is 3.87. The molecular weight excluding hydrogens is 373 g/mol. The van der Waals surface area contributed by atoms with Crippen LogP contribution in [0, 0.1) is 14.5 Å². The highest BCUT2D eigenvalue weighted by atomic mass is 127. The fraction of sp³-hybridized carbons (Fsp3) is 0.0833. The van der Waals surface area contributed by atoms with Crippen molar-refractivity contribution in [3.05, 3.63) is 49.2 Å². The zero-order valence-corrected chi connectivity index (χ0v) is 12.1. The van der Waals surface area contributed by atoms with E-state index in [4.69, 9.17) is 4.74 Å². The van der Waals surface area contributed by atoms with E-state index in [0.717, 1.165) is 15.0 Å². The number of hydrogen-bond acceptors (Lipinski definition) is 3. The van der Waals surface area contributed by atoms with Gasteiger partial charge in [0, 0.05) is 23.1 Å². The van der Waals surface area contributed by atoms with E-state index >= 15 is 0 Å². The van der Waals surface area contributed by atoms with Crippen LogP contribution in [0.3, 0.4) is 0 Å². The highest BCUT2D eigenvalue weighted by Crippen LogP contribution is 2.25. The highest BCUT2D eigenvalue weighted by Gasteiger charge is 2.21. The molecule has 0 fully saturated rings. The van der Waals surface area contributed by atoms with E-state index in [-0.39, 0.29) is 11.3 Å². The topological polar surface area (TPSA) is 26.3 Å². The van der Waals surface area contributed by atoms with Gasteiger partial charge in [-0.05, 0) is 28.7 Å². The van der Waals surface area contributed by atoms with Crippen molar-refractivity contribution >= 4 is 39.7 Å². The molecule has 1 heterocycles. The standard InChI is InChI=1S/C12H7F2IO2S/c1-17-7-3-8(13)11(9(14)4-7)12(16)6-2-10(15)18-5-6/h2-5H,1H3. The molecule has 1 aromatic heterocycles. The molecule has 0 N–H and O–H groups in total. The van der Waals surface area contributed by atoms with Crippen molar-refractivity contribution in [3.63, 3.8) is 0 Å². The number of ketones is 1. The van der Waals surface area contributed by atoms with Crippen LogP contribution in [-0.4, -0.2) is 12.9 Å². The zero-order chi connectivity index (χ0) is 13.3. The van der Waals surface area contributed by atoms with Gasteiger partial charge in [0.2, 0.25) is 0 Å². The first-order chi connectivity index (χ1) is 8.52. The number of carbonyl (C=O) groups is 1. The summed E-state index contributed by atoms with van der Waals surface area (Å²) in [5.74, 6) is -2.45. The minimum absolute atomic E-state index is 0.0430. The average Bonchev–Trinajstić information content (AvgIpc) is 2.74. The third kappa shape index (κ3) is 2.54. The van der Waals surface area contributed by atoms with Crippen molar-refractivity contribution in [3.8, 4) is 5.75 Å². The summed E-state index contributed by atoms with van der Waals surface area (Å²) in [6.45, 7) is 0. The number of ether oxygens (including phenoxy) is 1. The molecule has 0 bridgehead atoms. The second-order valence-corrected chi connectivity index (χ2v) is 6.24. The first kappa shape index (κ1) is 13.4. The lowest BCUT2D eigenvalue weighted by molar-refractivity contribution is 0.103. The number of halogens is 3. The smallest absolute Gasteiger partial charge is 0.199 e. The Morgan fingerprint density at radius 3 is 2.33 bits per heavy atom. The van der Waals surface area contributed by atoms with Gasteiger partial charge in [0.05, 0.1) is 15.6 Å². The molecular formula is C12H7F2IO2S. The highest BCUT2D eigenvalue weighted by molar-refractivity contribution is 14.1. The van der Waals surface area contributed by atoms with Gasteiger partial charge in [0.25, 0.3) is 0 Å². The summed E-state index contributed by atoms with van der Waals surface area (Å²) in [5, 5.41) is 1.58. The molecule has 0 aliphatic heterocycles. The quantitative estimate of drug-likeness (QED) is 0.597. The number of benzene rings is 1. The molecule has 2 rings (SSSR count). The molecule has 0 spiro atoms. The molecule has 0 radical (unpaired) electrons. The van der Waals surface area contributed by atoms with E-state index in [1.807, 2.05) is 22.6 Å². The van der Waals surface area contributed by atoms with Gasteiger partial charge in [-0.3, -0.25) is 4.79 Å². The van der Waals surface area contributed by atoms with Crippen LogP contribution in [0.25, 0.3) is 0 Å². The Bertz CT molecular complexity index is 587. The third-order valence-corrected chi connectivity index (χ3v) is 4.10. The maximum absolute atomic E-state index is 13.7. The summed E-state index contributed by atoms with van der Waals surface area (Å²) in [6, 6.07) is 3.58. The molecule has 0 atom stereocenters. The monoisotopic (exact) mass is 380 g/mol. The number of methoxy groups -OCH3 is 1. The summed E-state index contributed by atoms with van der Waals surface area (Å²) in [5.41, 5.74) is -0.266. The number of carbonyl (C=O) groups excluding carboxylic acids is 1. The summed E-state index contributed by atoms with van der Waals surface area (Å²) >= 11 is 3.38. The Kier molecular flexibility index (Phi) is 3.96. The predicted molar refractivity (Wildman–Crippen MR) is 73.4 cm³/mol. The normalized spacial score (nSPS) is 10.4. The van der Waals surface area contributed by atoms with Crippen molar-refractivity contribution in [2.75, 3.05) is 7.11 Å². The molecule has 18 heavy (non-hydrogen) atoms. The van der Waals surface area contributed by atoms with E-state index in [9.17, 15) is 13.6 Å². The van der Waals surface area contributed by atoms with E-state index in [2.05, 4.69) is 0 Å². The lowest BCUT2D eigenvalue weighted by atomic mass is 10.0. The van der Waals surface area contributed by atoms with Crippen LogP contribution in [0.15, 0.2) is 23.6 Å². The lowest BCUT2D eigenvalue weighted by Crippen LogP contribution is -2.07. The third-order valence-electron chi connectivity index (χ3n) is 2.31. The van der Waals surface area contributed by atoms with Gasteiger partial charge < -0.3 is 4.74 Å². The molecule has 0 aliphatic rings. The summed E-state index contributed by atoms with van der Waals surface area (Å²) in [4.78, 5) is 12.0. The van der Waals surface area contributed by atoms with E-state index < -0.39 is 23.0 Å². The largest absolute Gasteiger partial charge is 0.497 e. The van der Waals surface area contributed by atoms with Crippen molar-refractivity contribution in [1.82, 2.24) is 0 Å². The van der Waals surface area contributed by atoms with Crippen LogP contribution in [0.4, 0.5) is 8.78 Å². The molecule has 1 aromatic carbocycles. The van der Waals surface area contributed by atoms with Gasteiger partial charge in [-0.2, -0.15) is 0 Å². The summed E-state index contributed by atoms with van der Waals surface area (Å²) in [6.07, 6.45) is 0. The van der Waals surface area contributed by atoms with Gasteiger partial charge in [0.1, 0.15) is 17.4 Å². The van der Waals surface area contributed by atoms with Gasteiger partial charge in [-0.15, -0.1) is 11.3 Å². The molecule has 0 amide bonds. The van der Waals surface area contributed by atoms with Crippen molar-refractivity contribution in [1.29, 1.82) is 0 Å². The fourth-order valence-electron chi connectivity index (χ4n) is 1.46. The fourth-order valence-corrected chi connectivity index (χ4v) is 2.78. The van der Waals surface area contributed by atoms with Crippen LogP contribution < -0.4 is 4.74 Å². The van der Waals surface area contributed by atoms with Crippen LogP contribution in [0.2, 0.25) is 0 Å². The van der Waals surface area contributed by atoms with Crippen molar-refractivity contribution in [2.45, 2.75) is 0 Å². The molecule has 0 saturated heterocycles. The second-order valence-electron chi connectivity index (χ2n) is 3.43. The maximum atomic E-state index is 13.7. The molecule has 94 valence electrons. The Labute approximate surface area is 120 Å². The Balaban J connectivity index is 2.48. The van der Waals surface area contributed by atoms with Crippen LogP contribution in [0.5, 0.6) is 5.75 Å². The average molecular weight is 380 g/mol. The number of thiophene rings is 1.